The molecule has 0 saturated carbocycles. The molecule has 6 heteroatoms. The summed E-state index contributed by atoms with van der Waals surface area (Å²) in [6, 6.07) is 9.85. The zero-order valence-corrected chi connectivity index (χ0v) is 13.6. The van der Waals surface area contributed by atoms with Crippen LogP contribution < -0.4 is 10.6 Å². The quantitative estimate of drug-likeness (QED) is 0.881. The Morgan fingerprint density at radius 2 is 2.17 bits per heavy atom. The van der Waals surface area contributed by atoms with E-state index in [0.29, 0.717) is 13.0 Å². The molecule has 2 amide bonds. The zero-order chi connectivity index (χ0) is 16.1. The van der Waals surface area contributed by atoms with Crippen molar-refractivity contribution in [2.75, 3.05) is 13.1 Å². The highest BCUT2D eigenvalue weighted by atomic mass is 32.1. The molecular formula is C17H19N3O2S. The van der Waals surface area contributed by atoms with E-state index < -0.39 is 0 Å². The highest BCUT2D eigenvalue weighted by Gasteiger charge is 2.22. The average Bonchev–Trinajstić information content (AvgIpc) is 3.03. The maximum absolute atomic E-state index is 12.2. The number of carbonyl (C=O) groups is 2. The topological polar surface area (TPSA) is 71.1 Å². The predicted octanol–water partition coefficient (Wildman–Crippen LogP) is 1.99. The predicted molar refractivity (Wildman–Crippen MR) is 90.0 cm³/mol. The maximum Gasteiger partial charge on any atom is 0.225 e. The first-order chi connectivity index (χ1) is 11.2. The fraction of sp³-hybridized carbons (Fsp3) is 0.353. The van der Waals surface area contributed by atoms with Crippen LogP contribution in [-0.4, -0.2) is 29.9 Å². The van der Waals surface area contributed by atoms with Gasteiger partial charge in [-0.15, -0.1) is 11.3 Å². The van der Waals surface area contributed by atoms with E-state index in [1.54, 1.807) is 5.51 Å². The number of benzene rings is 1. The van der Waals surface area contributed by atoms with Gasteiger partial charge in [0.1, 0.15) is 0 Å². The Bertz CT molecular complexity index is 684. The number of amides is 2. The lowest BCUT2D eigenvalue weighted by Gasteiger charge is -2.21. The molecule has 2 N–H and O–H groups in total. The van der Waals surface area contributed by atoms with Gasteiger partial charge in [-0.3, -0.25) is 9.59 Å². The minimum absolute atomic E-state index is 0.0410. The van der Waals surface area contributed by atoms with E-state index in [4.69, 9.17) is 0 Å². The minimum Gasteiger partial charge on any atom is -0.356 e. The van der Waals surface area contributed by atoms with Crippen molar-refractivity contribution in [1.82, 2.24) is 15.6 Å². The monoisotopic (exact) mass is 329 g/mol. The van der Waals surface area contributed by atoms with Crippen LogP contribution in [0.15, 0.2) is 35.8 Å². The molecule has 23 heavy (non-hydrogen) atoms. The molecule has 0 aliphatic carbocycles. The third-order valence-corrected chi connectivity index (χ3v) is 4.79. The third-order valence-electron chi connectivity index (χ3n) is 3.95. The summed E-state index contributed by atoms with van der Waals surface area (Å²) in [5, 5.41) is 5.71. The van der Waals surface area contributed by atoms with Crippen LogP contribution in [0, 0.1) is 5.92 Å². The number of hydrogen-bond donors (Lipinski definition) is 2. The first-order valence-electron chi connectivity index (χ1n) is 7.76. The molecule has 2 heterocycles. The van der Waals surface area contributed by atoms with Crippen LogP contribution in [0.5, 0.6) is 0 Å². The van der Waals surface area contributed by atoms with Crippen molar-refractivity contribution in [3.63, 3.8) is 0 Å². The van der Waals surface area contributed by atoms with Crippen molar-refractivity contribution in [3.05, 3.63) is 40.7 Å². The van der Waals surface area contributed by atoms with Gasteiger partial charge in [-0.1, -0.05) is 30.3 Å². The van der Waals surface area contributed by atoms with Gasteiger partial charge >= 0.3 is 0 Å². The minimum atomic E-state index is -0.109. The van der Waals surface area contributed by atoms with E-state index >= 15 is 0 Å². The number of thiazole rings is 1. The third kappa shape index (κ3) is 3.96. The smallest absolute Gasteiger partial charge is 0.225 e. The van der Waals surface area contributed by atoms with Crippen LogP contribution in [0.1, 0.15) is 17.7 Å². The molecule has 3 rings (SSSR count). The van der Waals surface area contributed by atoms with E-state index in [1.807, 2.05) is 30.3 Å². The lowest BCUT2D eigenvalue weighted by atomic mass is 9.98. The average molecular weight is 329 g/mol. The number of rotatable bonds is 5. The van der Waals surface area contributed by atoms with Gasteiger partial charge < -0.3 is 10.6 Å². The molecule has 1 aromatic carbocycles. The SMILES string of the molecule is O=C(Cc1scnc1-c1ccccc1)NCC1CCCNC1=O. The zero-order valence-electron chi connectivity index (χ0n) is 12.7. The Morgan fingerprint density at radius 1 is 1.35 bits per heavy atom. The Balaban J connectivity index is 1.58. The number of piperidine rings is 1. The number of hydrogen-bond acceptors (Lipinski definition) is 4. The molecule has 0 bridgehead atoms. The van der Waals surface area contributed by atoms with E-state index in [-0.39, 0.29) is 17.7 Å². The summed E-state index contributed by atoms with van der Waals surface area (Å²) < 4.78 is 0. The maximum atomic E-state index is 12.2. The van der Waals surface area contributed by atoms with Gasteiger partial charge in [0.05, 0.1) is 23.5 Å². The second kappa shape index (κ2) is 7.37. The summed E-state index contributed by atoms with van der Waals surface area (Å²) in [6.07, 6.45) is 2.10. The van der Waals surface area contributed by atoms with E-state index in [2.05, 4.69) is 15.6 Å². The first-order valence-corrected chi connectivity index (χ1v) is 8.64. The molecule has 1 unspecified atom stereocenters. The number of carbonyl (C=O) groups excluding carboxylic acids is 2. The second-order valence-corrected chi connectivity index (χ2v) is 6.54. The largest absolute Gasteiger partial charge is 0.356 e. The molecule has 1 saturated heterocycles. The molecule has 1 aliphatic rings. The van der Waals surface area contributed by atoms with Gasteiger partial charge in [-0.05, 0) is 12.8 Å². The molecule has 1 aromatic heterocycles. The van der Waals surface area contributed by atoms with Crippen molar-refractivity contribution in [2.24, 2.45) is 5.92 Å². The van der Waals surface area contributed by atoms with Gasteiger partial charge in [0.15, 0.2) is 0 Å². The van der Waals surface area contributed by atoms with E-state index in [1.165, 1.54) is 11.3 Å². The van der Waals surface area contributed by atoms with Gasteiger partial charge in [0.25, 0.3) is 0 Å². The summed E-state index contributed by atoms with van der Waals surface area (Å²) in [5.41, 5.74) is 3.64. The number of nitrogens with one attached hydrogen (secondary N) is 2. The standard InChI is InChI=1S/C17H19N3O2S/c21-15(19-10-13-7-4-8-18-17(13)22)9-14-16(20-11-23-14)12-5-2-1-3-6-12/h1-3,5-6,11,13H,4,7-10H2,(H,18,22)(H,19,21). The highest BCUT2D eigenvalue weighted by Crippen LogP contribution is 2.25. The van der Waals surface area contributed by atoms with Gasteiger partial charge in [0, 0.05) is 23.5 Å². The van der Waals surface area contributed by atoms with Crippen LogP contribution >= 0.6 is 11.3 Å². The van der Waals surface area contributed by atoms with E-state index in [0.717, 1.165) is 35.5 Å². The molecule has 1 atom stereocenters. The summed E-state index contributed by atoms with van der Waals surface area (Å²) in [5.74, 6) is -0.133. The Kier molecular flexibility index (Phi) is 5.02. The molecule has 0 radical (unpaired) electrons. The summed E-state index contributed by atoms with van der Waals surface area (Å²) in [6.45, 7) is 1.15. The van der Waals surface area contributed by atoms with Crippen molar-refractivity contribution in [2.45, 2.75) is 19.3 Å². The van der Waals surface area contributed by atoms with Gasteiger partial charge in [-0.25, -0.2) is 4.98 Å². The molecule has 2 aromatic rings. The Hall–Kier alpha value is -2.21. The van der Waals surface area contributed by atoms with Crippen molar-refractivity contribution in [3.8, 4) is 11.3 Å². The molecule has 120 valence electrons. The molecular weight excluding hydrogens is 310 g/mol. The van der Waals surface area contributed by atoms with Crippen molar-refractivity contribution < 1.29 is 9.59 Å². The molecule has 1 fully saturated rings. The molecule has 1 aliphatic heterocycles. The Morgan fingerprint density at radius 3 is 2.96 bits per heavy atom. The van der Waals surface area contributed by atoms with Gasteiger partial charge in [0.2, 0.25) is 11.8 Å². The molecule has 5 nitrogen and oxygen atoms in total. The summed E-state index contributed by atoms with van der Waals surface area (Å²) in [7, 11) is 0. The van der Waals surface area contributed by atoms with E-state index in [9.17, 15) is 9.59 Å². The van der Waals surface area contributed by atoms with Gasteiger partial charge in [-0.2, -0.15) is 0 Å². The summed E-state index contributed by atoms with van der Waals surface area (Å²) in [4.78, 5) is 29.2. The van der Waals surface area contributed by atoms with Crippen LogP contribution in [0.2, 0.25) is 0 Å². The number of nitrogens with zero attached hydrogens (tertiary/aromatic N) is 1. The molecule has 0 spiro atoms. The lowest BCUT2D eigenvalue weighted by Crippen LogP contribution is -2.42. The highest BCUT2D eigenvalue weighted by molar-refractivity contribution is 7.10. The lowest BCUT2D eigenvalue weighted by molar-refractivity contribution is -0.127. The van der Waals surface area contributed by atoms with Crippen LogP contribution in [0.3, 0.4) is 0 Å². The summed E-state index contributed by atoms with van der Waals surface area (Å²) >= 11 is 1.48. The first kappa shape index (κ1) is 15.7. The Labute approximate surface area is 139 Å². The van der Waals surface area contributed by atoms with Crippen LogP contribution in [-0.2, 0) is 16.0 Å². The number of aromatic nitrogens is 1. The normalized spacial score (nSPS) is 17.6. The van der Waals surface area contributed by atoms with Crippen molar-refractivity contribution >= 4 is 23.2 Å². The van der Waals surface area contributed by atoms with Crippen molar-refractivity contribution in [1.29, 1.82) is 0 Å². The fourth-order valence-electron chi connectivity index (χ4n) is 2.70. The second-order valence-electron chi connectivity index (χ2n) is 5.60. The van der Waals surface area contributed by atoms with Crippen LogP contribution in [0.4, 0.5) is 0 Å². The fourth-order valence-corrected chi connectivity index (χ4v) is 3.48. The van der Waals surface area contributed by atoms with Crippen LogP contribution in [0.25, 0.3) is 11.3 Å².